The molecule has 0 aromatic carbocycles. The van der Waals surface area contributed by atoms with Gasteiger partial charge in [0.15, 0.2) is 10.8 Å². The molecule has 1 amide bonds. The number of imidazole rings is 1. The molecule has 0 saturated heterocycles. The van der Waals surface area contributed by atoms with Crippen LogP contribution < -0.4 is 21.7 Å². The zero-order chi connectivity index (χ0) is 14.8. The summed E-state index contributed by atoms with van der Waals surface area (Å²) >= 11 is 1.29. The van der Waals surface area contributed by atoms with Crippen LogP contribution in [0.2, 0.25) is 0 Å². The molecule has 20 heavy (non-hydrogen) atoms. The highest BCUT2D eigenvalue weighted by molar-refractivity contribution is 7.89. The minimum absolute atomic E-state index is 0.0599. The number of aromatic nitrogens is 2. The van der Waals surface area contributed by atoms with E-state index in [1.807, 2.05) is 0 Å². The van der Waals surface area contributed by atoms with Crippen LogP contribution in [-0.2, 0) is 14.8 Å². The summed E-state index contributed by atoms with van der Waals surface area (Å²) < 4.78 is 28.3. The van der Waals surface area contributed by atoms with E-state index in [4.69, 9.17) is 11.6 Å². The van der Waals surface area contributed by atoms with Crippen LogP contribution in [0.1, 0.15) is 12.8 Å². The third-order valence-corrected chi connectivity index (χ3v) is 4.74. The summed E-state index contributed by atoms with van der Waals surface area (Å²) in [5.74, 6) is 4.89. The van der Waals surface area contributed by atoms with E-state index < -0.39 is 15.9 Å². The summed E-state index contributed by atoms with van der Waals surface area (Å²) in [5.41, 5.74) is 7.25. The average Bonchev–Trinajstić information content (AvgIpc) is 2.93. The molecule has 0 spiro atoms. The Balaban J connectivity index is 2.22. The van der Waals surface area contributed by atoms with E-state index in [2.05, 4.69) is 15.1 Å². The van der Waals surface area contributed by atoms with Crippen LogP contribution in [0.15, 0.2) is 16.6 Å². The predicted octanol–water partition coefficient (Wildman–Crippen LogP) is -0.775. The Morgan fingerprint density at radius 1 is 1.50 bits per heavy atom. The van der Waals surface area contributed by atoms with Crippen LogP contribution in [0.25, 0.3) is 4.96 Å². The molecule has 11 heteroatoms. The second-order valence-electron chi connectivity index (χ2n) is 3.93. The van der Waals surface area contributed by atoms with Gasteiger partial charge in [-0.05, 0) is 6.42 Å². The number of thiazole rings is 1. The number of nitrogen functional groups attached to an aromatic ring is 1. The molecule has 2 aromatic rings. The predicted molar refractivity (Wildman–Crippen MR) is 74.5 cm³/mol. The van der Waals surface area contributed by atoms with Gasteiger partial charge in [0.2, 0.25) is 10.9 Å². The molecular weight excluding hydrogens is 304 g/mol. The third-order valence-electron chi connectivity index (χ3n) is 2.50. The number of rotatable bonds is 7. The van der Waals surface area contributed by atoms with Gasteiger partial charge in [-0.3, -0.25) is 9.20 Å². The lowest BCUT2D eigenvalue weighted by Gasteiger charge is -2.07. The Morgan fingerprint density at radius 3 is 2.90 bits per heavy atom. The van der Waals surface area contributed by atoms with E-state index in [9.17, 15) is 13.2 Å². The minimum atomic E-state index is -3.79. The first-order valence-electron chi connectivity index (χ1n) is 5.66. The molecule has 6 N–H and O–H groups in total. The lowest BCUT2D eigenvalue weighted by Crippen LogP contribution is -2.28. The second kappa shape index (κ2) is 5.75. The van der Waals surface area contributed by atoms with Gasteiger partial charge in [-0.2, -0.15) is 4.98 Å². The van der Waals surface area contributed by atoms with Gasteiger partial charge in [0, 0.05) is 24.5 Å². The van der Waals surface area contributed by atoms with Gasteiger partial charge in [-0.15, -0.1) is 11.3 Å². The Labute approximate surface area is 119 Å². The average molecular weight is 318 g/mol. The molecule has 2 heterocycles. The van der Waals surface area contributed by atoms with Crippen molar-refractivity contribution in [1.29, 1.82) is 0 Å². The maximum atomic E-state index is 12.3. The van der Waals surface area contributed by atoms with E-state index in [0.29, 0.717) is 11.4 Å². The fraction of sp³-hybridized carbons (Fsp3) is 0.333. The standard InChI is InChI=1S/C9H14N6O3S2/c10-6(16)2-1-3-12-20(17,18)8-7(14-11)13-9-15(8)4-5-19-9/h4-5,12,14H,1-3,11H2,(H2,10,16). The van der Waals surface area contributed by atoms with Crippen LogP contribution in [0.4, 0.5) is 5.82 Å². The zero-order valence-corrected chi connectivity index (χ0v) is 12.0. The molecule has 0 aliphatic heterocycles. The number of hydrogen-bond acceptors (Lipinski definition) is 7. The Bertz CT molecular complexity index is 719. The summed E-state index contributed by atoms with van der Waals surface area (Å²) in [4.78, 5) is 15.2. The molecule has 2 rings (SSSR count). The van der Waals surface area contributed by atoms with Crippen molar-refractivity contribution in [3.8, 4) is 0 Å². The molecule has 0 radical (unpaired) electrons. The van der Waals surface area contributed by atoms with E-state index in [1.165, 1.54) is 15.7 Å². The van der Waals surface area contributed by atoms with Gasteiger partial charge >= 0.3 is 0 Å². The number of sulfonamides is 1. The Morgan fingerprint density at radius 2 is 2.25 bits per heavy atom. The lowest BCUT2D eigenvalue weighted by molar-refractivity contribution is -0.118. The number of amides is 1. The van der Waals surface area contributed by atoms with Gasteiger partial charge in [-0.1, -0.05) is 0 Å². The molecule has 0 aliphatic carbocycles. The number of nitrogens with zero attached hydrogens (tertiary/aromatic N) is 2. The maximum Gasteiger partial charge on any atom is 0.260 e. The molecule has 9 nitrogen and oxygen atoms in total. The number of primary amides is 1. The van der Waals surface area contributed by atoms with Crippen molar-refractivity contribution in [3.05, 3.63) is 11.6 Å². The largest absolute Gasteiger partial charge is 0.370 e. The fourth-order valence-electron chi connectivity index (χ4n) is 1.65. The quantitative estimate of drug-likeness (QED) is 0.299. The van der Waals surface area contributed by atoms with Crippen molar-refractivity contribution >= 4 is 38.0 Å². The van der Waals surface area contributed by atoms with Crippen molar-refractivity contribution in [3.63, 3.8) is 0 Å². The number of nitrogens with one attached hydrogen (secondary N) is 2. The van der Waals surface area contributed by atoms with Crippen LogP contribution in [-0.4, -0.2) is 30.3 Å². The van der Waals surface area contributed by atoms with E-state index in [1.54, 1.807) is 11.6 Å². The van der Waals surface area contributed by atoms with E-state index in [0.717, 1.165) is 0 Å². The molecule has 0 saturated carbocycles. The van der Waals surface area contributed by atoms with Gasteiger partial charge in [-0.25, -0.2) is 19.0 Å². The van der Waals surface area contributed by atoms with Crippen molar-refractivity contribution in [2.45, 2.75) is 17.9 Å². The zero-order valence-electron chi connectivity index (χ0n) is 10.4. The molecule has 0 bridgehead atoms. The molecule has 0 unspecified atom stereocenters. The summed E-state index contributed by atoms with van der Waals surface area (Å²) in [6.45, 7) is 0.104. The SMILES string of the molecule is NNc1nc2sccn2c1S(=O)(=O)NCCCC(N)=O. The molecule has 0 fully saturated rings. The monoisotopic (exact) mass is 318 g/mol. The molecule has 0 aliphatic rings. The van der Waals surface area contributed by atoms with Gasteiger partial charge in [0.05, 0.1) is 0 Å². The summed E-state index contributed by atoms with van der Waals surface area (Å²) in [6, 6.07) is 0. The van der Waals surface area contributed by atoms with E-state index >= 15 is 0 Å². The van der Waals surface area contributed by atoms with Gasteiger partial charge in [0.1, 0.15) is 0 Å². The highest BCUT2D eigenvalue weighted by Gasteiger charge is 2.25. The Hall–Kier alpha value is -1.69. The van der Waals surface area contributed by atoms with Crippen molar-refractivity contribution in [2.75, 3.05) is 12.0 Å². The fourth-order valence-corrected chi connectivity index (χ4v) is 3.74. The first-order valence-corrected chi connectivity index (χ1v) is 8.02. The summed E-state index contributed by atoms with van der Waals surface area (Å²) in [5, 5.41) is 1.66. The minimum Gasteiger partial charge on any atom is -0.370 e. The number of carbonyl (C=O) groups excluding carboxylic acids is 1. The van der Waals surface area contributed by atoms with Crippen LogP contribution in [0.5, 0.6) is 0 Å². The first kappa shape index (κ1) is 14.7. The van der Waals surface area contributed by atoms with Crippen molar-refractivity contribution in [1.82, 2.24) is 14.1 Å². The van der Waals surface area contributed by atoms with Crippen LogP contribution in [0, 0.1) is 0 Å². The smallest absolute Gasteiger partial charge is 0.260 e. The lowest BCUT2D eigenvalue weighted by atomic mass is 10.3. The molecular formula is C9H14N6O3S2. The number of anilines is 1. The van der Waals surface area contributed by atoms with Crippen LogP contribution >= 0.6 is 11.3 Å². The number of hydrogen-bond donors (Lipinski definition) is 4. The van der Waals surface area contributed by atoms with Gasteiger partial charge < -0.3 is 11.2 Å². The topological polar surface area (TPSA) is 145 Å². The first-order chi connectivity index (χ1) is 9.45. The second-order valence-corrected chi connectivity index (χ2v) is 6.49. The Kier molecular flexibility index (Phi) is 4.23. The summed E-state index contributed by atoms with van der Waals surface area (Å²) in [6.07, 6.45) is 2.03. The number of carbonyl (C=O) groups is 1. The highest BCUT2D eigenvalue weighted by atomic mass is 32.2. The van der Waals surface area contributed by atoms with Crippen molar-refractivity contribution in [2.24, 2.45) is 11.6 Å². The molecule has 2 aromatic heterocycles. The highest BCUT2D eigenvalue weighted by Crippen LogP contribution is 2.24. The molecule has 0 atom stereocenters. The van der Waals surface area contributed by atoms with Crippen molar-refractivity contribution < 1.29 is 13.2 Å². The number of hydrazine groups is 1. The molecule has 110 valence electrons. The normalized spacial score (nSPS) is 11.8. The van der Waals surface area contributed by atoms with Crippen LogP contribution in [0.3, 0.4) is 0 Å². The number of fused-ring (bicyclic) bond motifs is 1. The summed E-state index contributed by atoms with van der Waals surface area (Å²) in [7, 11) is -3.79. The third kappa shape index (κ3) is 2.90. The van der Waals surface area contributed by atoms with Gasteiger partial charge in [0.25, 0.3) is 10.0 Å². The number of nitrogens with two attached hydrogens (primary N) is 2. The van der Waals surface area contributed by atoms with E-state index in [-0.39, 0.29) is 23.8 Å². The maximum absolute atomic E-state index is 12.3.